The average Bonchev–Trinajstić information content (AvgIpc) is 2.35. The van der Waals surface area contributed by atoms with Gasteiger partial charge in [-0.3, -0.25) is 0 Å². The van der Waals surface area contributed by atoms with Crippen LogP contribution >= 0.6 is 11.6 Å². The quantitative estimate of drug-likeness (QED) is 0.849. The van der Waals surface area contributed by atoms with Crippen LogP contribution in [0.5, 0.6) is 0 Å². The van der Waals surface area contributed by atoms with Gasteiger partial charge < -0.3 is 5.11 Å². The van der Waals surface area contributed by atoms with Gasteiger partial charge >= 0.3 is 0 Å². The van der Waals surface area contributed by atoms with Crippen molar-refractivity contribution >= 4 is 11.6 Å². The average molecular weight is 249 g/mol. The van der Waals surface area contributed by atoms with Gasteiger partial charge in [-0.25, -0.2) is 9.97 Å². The zero-order chi connectivity index (χ0) is 12.3. The highest BCUT2D eigenvalue weighted by atomic mass is 35.5. The number of aliphatic hydroxyl groups excluding tert-OH is 1. The third kappa shape index (κ3) is 2.81. The number of aliphatic hydroxyl groups is 1. The Hall–Kier alpha value is -1.45. The Bertz CT molecular complexity index is 491. The summed E-state index contributed by atoms with van der Waals surface area (Å²) in [7, 11) is 0. The fourth-order valence-corrected chi connectivity index (χ4v) is 1.99. The molecule has 0 fully saturated rings. The monoisotopic (exact) mass is 248 g/mol. The van der Waals surface area contributed by atoms with Crippen molar-refractivity contribution in [3.63, 3.8) is 0 Å². The van der Waals surface area contributed by atoms with Gasteiger partial charge in [0.1, 0.15) is 11.8 Å². The first-order valence-electron chi connectivity index (χ1n) is 5.37. The van der Waals surface area contributed by atoms with E-state index in [-0.39, 0.29) is 6.61 Å². The molecule has 1 heterocycles. The summed E-state index contributed by atoms with van der Waals surface area (Å²) in [5.41, 5.74) is 2.89. The number of nitrogens with zero attached hydrogens (tertiary/aromatic N) is 2. The number of aromatic nitrogens is 2. The van der Waals surface area contributed by atoms with Gasteiger partial charge in [0.2, 0.25) is 0 Å². The molecule has 0 saturated carbocycles. The van der Waals surface area contributed by atoms with Gasteiger partial charge in [-0.2, -0.15) is 0 Å². The van der Waals surface area contributed by atoms with Gasteiger partial charge in [0, 0.05) is 17.7 Å². The smallest absolute Gasteiger partial charge is 0.155 e. The molecule has 0 bridgehead atoms. The molecule has 0 unspecified atom stereocenters. The van der Waals surface area contributed by atoms with Crippen LogP contribution in [0.4, 0.5) is 0 Å². The van der Waals surface area contributed by atoms with Gasteiger partial charge in [0.25, 0.3) is 0 Å². The van der Waals surface area contributed by atoms with Crippen LogP contribution in [0.3, 0.4) is 0 Å². The second-order valence-corrected chi connectivity index (χ2v) is 4.17. The molecule has 0 aliphatic heterocycles. The molecular weight excluding hydrogens is 236 g/mol. The van der Waals surface area contributed by atoms with Crippen molar-refractivity contribution < 1.29 is 5.11 Å². The molecule has 0 spiro atoms. The molecule has 0 aliphatic rings. The van der Waals surface area contributed by atoms with Gasteiger partial charge in [0.05, 0.1) is 0 Å². The van der Waals surface area contributed by atoms with Crippen LogP contribution in [0.15, 0.2) is 30.3 Å². The first kappa shape index (κ1) is 12.0. The number of hydrogen-bond acceptors (Lipinski definition) is 3. The Morgan fingerprint density at radius 3 is 2.47 bits per heavy atom. The van der Waals surface area contributed by atoms with E-state index >= 15 is 0 Å². The van der Waals surface area contributed by atoms with Crippen molar-refractivity contribution in [3.05, 3.63) is 58.1 Å². The van der Waals surface area contributed by atoms with E-state index in [1.54, 1.807) is 0 Å². The van der Waals surface area contributed by atoms with E-state index in [2.05, 4.69) is 9.97 Å². The number of halogens is 1. The molecule has 3 nitrogen and oxygen atoms in total. The van der Waals surface area contributed by atoms with Crippen molar-refractivity contribution in [1.82, 2.24) is 9.97 Å². The number of rotatable bonds is 3. The summed E-state index contributed by atoms with van der Waals surface area (Å²) in [4.78, 5) is 8.26. The van der Waals surface area contributed by atoms with E-state index in [0.29, 0.717) is 17.4 Å². The van der Waals surface area contributed by atoms with E-state index in [0.717, 1.165) is 16.8 Å². The minimum absolute atomic E-state index is 0.188. The lowest BCUT2D eigenvalue weighted by atomic mass is 10.1. The maximum absolute atomic E-state index is 8.98. The van der Waals surface area contributed by atoms with Crippen molar-refractivity contribution in [2.24, 2.45) is 0 Å². The Kier molecular flexibility index (Phi) is 3.71. The molecule has 17 heavy (non-hydrogen) atoms. The maximum atomic E-state index is 8.98. The van der Waals surface area contributed by atoms with E-state index in [1.807, 2.05) is 37.3 Å². The normalized spacial score (nSPS) is 10.5. The van der Waals surface area contributed by atoms with Crippen LogP contribution in [0.25, 0.3) is 0 Å². The minimum atomic E-state index is -0.188. The molecule has 4 heteroatoms. The summed E-state index contributed by atoms with van der Waals surface area (Å²) in [5.74, 6) is 0.365. The van der Waals surface area contributed by atoms with Crippen LogP contribution in [0.2, 0.25) is 5.15 Å². The zero-order valence-corrected chi connectivity index (χ0v) is 10.3. The summed E-state index contributed by atoms with van der Waals surface area (Å²) >= 11 is 6.10. The third-order valence-electron chi connectivity index (χ3n) is 2.57. The molecule has 0 radical (unpaired) electrons. The van der Waals surface area contributed by atoms with E-state index in [4.69, 9.17) is 16.7 Å². The molecule has 1 N–H and O–H groups in total. The lowest BCUT2D eigenvalue weighted by Gasteiger charge is -2.08. The highest BCUT2D eigenvalue weighted by Crippen LogP contribution is 2.20. The number of aryl methyl sites for hydroxylation is 1. The number of benzene rings is 1. The molecule has 0 aliphatic carbocycles. The summed E-state index contributed by atoms with van der Waals surface area (Å²) < 4.78 is 0. The fourth-order valence-electron chi connectivity index (χ4n) is 1.69. The van der Waals surface area contributed by atoms with Gasteiger partial charge in [-0.1, -0.05) is 41.9 Å². The van der Waals surface area contributed by atoms with Crippen molar-refractivity contribution in [1.29, 1.82) is 0 Å². The fraction of sp³-hybridized carbons (Fsp3) is 0.231. The van der Waals surface area contributed by atoms with Crippen LogP contribution in [0.1, 0.15) is 22.6 Å². The lowest BCUT2D eigenvalue weighted by molar-refractivity contribution is 0.271. The second-order valence-electron chi connectivity index (χ2n) is 3.82. The van der Waals surface area contributed by atoms with E-state index < -0.39 is 0 Å². The standard InChI is InChI=1S/C13H13ClN2O/c1-9-11(7-10-5-3-2-4-6-10)13(14)16-12(8-17)15-9/h2-6,17H,7-8H2,1H3. The predicted molar refractivity (Wildman–Crippen MR) is 66.9 cm³/mol. The highest BCUT2D eigenvalue weighted by molar-refractivity contribution is 6.30. The highest BCUT2D eigenvalue weighted by Gasteiger charge is 2.10. The summed E-state index contributed by atoms with van der Waals surface area (Å²) in [6.45, 7) is 1.69. The molecular formula is C13H13ClN2O. The van der Waals surface area contributed by atoms with Crippen LogP contribution in [0, 0.1) is 6.92 Å². The summed E-state index contributed by atoms with van der Waals surface area (Å²) in [6, 6.07) is 10.0. The van der Waals surface area contributed by atoms with Crippen molar-refractivity contribution in [2.75, 3.05) is 0 Å². The molecule has 2 rings (SSSR count). The van der Waals surface area contributed by atoms with E-state index in [9.17, 15) is 0 Å². The largest absolute Gasteiger partial charge is 0.388 e. The summed E-state index contributed by atoms with van der Waals surface area (Å²) in [5, 5.41) is 9.41. The minimum Gasteiger partial charge on any atom is -0.388 e. The first-order valence-corrected chi connectivity index (χ1v) is 5.75. The molecule has 88 valence electrons. The molecule has 0 amide bonds. The van der Waals surface area contributed by atoms with Crippen LogP contribution in [-0.2, 0) is 13.0 Å². The topological polar surface area (TPSA) is 46.0 Å². The Balaban J connectivity index is 2.33. The van der Waals surface area contributed by atoms with Crippen LogP contribution in [-0.4, -0.2) is 15.1 Å². The second kappa shape index (κ2) is 5.25. The van der Waals surface area contributed by atoms with Gasteiger partial charge in [-0.05, 0) is 12.5 Å². The zero-order valence-electron chi connectivity index (χ0n) is 9.52. The predicted octanol–water partition coefficient (Wildman–Crippen LogP) is 2.52. The SMILES string of the molecule is Cc1nc(CO)nc(Cl)c1Cc1ccccc1. The van der Waals surface area contributed by atoms with Gasteiger partial charge in [-0.15, -0.1) is 0 Å². The Morgan fingerprint density at radius 1 is 1.18 bits per heavy atom. The van der Waals surface area contributed by atoms with E-state index in [1.165, 1.54) is 0 Å². The maximum Gasteiger partial charge on any atom is 0.155 e. The Labute approximate surface area is 105 Å². The molecule has 1 aromatic carbocycles. The number of hydrogen-bond donors (Lipinski definition) is 1. The third-order valence-corrected chi connectivity index (χ3v) is 2.89. The summed E-state index contributed by atoms with van der Waals surface area (Å²) in [6.07, 6.45) is 0.706. The first-order chi connectivity index (χ1) is 8.20. The van der Waals surface area contributed by atoms with Gasteiger partial charge in [0.15, 0.2) is 5.82 Å². The molecule has 1 aromatic heterocycles. The van der Waals surface area contributed by atoms with Crippen LogP contribution < -0.4 is 0 Å². The van der Waals surface area contributed by atoms with Crippen molar-refractivity contribution in [2.45, 2.75) is 20.0 Å². The molecule has 0 atom stereocenters. The lowest BCUT2D eigenvalue weighted by Crippen LogP contribution is -2.03. The molecule has 2 aromatic rings. The molecule has 0 saturated heterocycles. The Morgan fingerprint density at radius 2 is 1.88 bits per heavy atom. The van der Waals surface area contributed by atoms with Crippen molar-refractivity contribution in [3.8, 4) is 0 Å².